The summed E-state index contributed by atoms with van der Waals surface area (Å²) >= 11 is 5.48. The minimum atomic E-state index is -0.511. The van der Waals surface area contributed by atoms with Crippen LogP contribution in [0.4, 0.5) is 0 Å². The van der Waals surface area contributed by atoms with Crippen LogP contribution in [0.1, 0.15) is 13.8 Å². The van der Waals surface area contributed by atoms with Crippen molar-refractivity contribution in [1.82, 2.24) is 0 Å². The lowest BCUT2D eigenvalue weighted by Crippen LogP contribution is -2.27. The maximum atomic E-state index is 10.8. The highest BCUT2D eigenvalue weighted by molar-refractivity contribution is 6.20. The van der Waals surface area contributed by atoms with Crippen LogP contribution in [0.15, 0.2) is 0 Å². The molecule has 0 saturated carbocycles. The van der Waals surface area contributed by atoms with Gasteiger partial charge in [-0.2, -0.15) is 0 Å². The zero-order chi connectivity index (χ0) is 7.49. The van der Waals surface area contributed by atoms with E-state index in [1.165, 1.54) is 0 Å². The van der Waals surface area contributed by atoms with Crippen LogP contribution in [-0.4, -0.2) is 22.3 Å². The van der Waals surface area contributed by atoms with Crippen molar-refractivity contribution in [2.75, 3.05) is 5.88 Å². The maximum absolute atomic E-state index is 10.8. The fraction of sp³-hybridized carbons (Fsp3) is 0.800. The second-order valence-corrected chi connectivity index (χ2v) is 3.18. The maximum Gasteiger partial charge on any atom is 0.298 e. The van der Waals surface area contributed by atoms with E-state index in [2.05, 4.69) is 4.43 Å². The highest BCUT2D eigenvalue weighted by Crippen LogP contribution is 2.17. The van der Waals surface area contributed by atoms with Crippen LogP contribution in [0.2, 0.25) is 0 Å². The molecule has 0 atom stereocenters. The Labute approximate surface area is 63.1 Å². The summed E-state index contributed by atoms with van der Waals surface area (Å²) in [6, 6.07) is 0. The van der Waals surface area contributed by atoms with E-state index in [1.807, 2.05) is 0 Å². The van der Waals surface area contributed by atoms with Gasteiger partial charge in [0, 0.05) is 5.88 Å². The van der Waals surface area contributed by atoms with E-state index < -0.39 is 5.41 Å². The molecule has 0 heterocycles. The first-order valence-electron chi connectivity index (χ1n) is 2.69. The minimum absolute atomic E-state index is 0.204. The molecule has 4 heteroatoms. The van der Waals surface area contributed by atoms with Gasteiger partial charge in [0.05, 0.1) is 5.41 Å². The van der Waals surface area contributed by atoms with E-state index in [0.717, 1.165) is 0 Å². The number of hydrogen-bond acceptors (Lipinski definition) is 2. The molecule has 0 aliphatic carbocycles. The summed E-state index contributed by atoms with van der Waals surface area (Å²) in [5.74, 6) is 0.109. The normalized spacial score (nSPS) is 11.4. The van der Waals surface area contributed by atoms with Gasteiger partial charge in [0.1, 0.15) is 0 Å². The summed E-state index contributed by atoms with van der Waals surface area (Å²) in [4.78, 5) is 10.8. The molecule has 0 saturated heterocycles. The van der Waals surface area contributed by atoms with E-state index in [9.17, 15) is 4.79 Å². The van der Waals surface area contributed by atoms with Crippen molar-refractivity contribution in [2.45, 2.75) is 13.8 Å². The SMILES string of the molecule is CC(C)(CCl)C(=O)O[SiH3]. The Morgan fingerprint density at radius 1 is 1.78 bits per heavy atom. The number of rotatable bonds is 2. The van der Waals surface area contributed by atoms with Crippen LogP contribution in [0.25, 0.3) is 0 Å². The summed E-state index contributed by atoms with van der Waals surface area (Å²) < 4.78 is 4.62. The zero-order valence-corrected chi connectivity index (χ0v) is 8.66. The third-order valence-electron chi connectivity index (χ3n) is 1.07. The van der Waals surface area contributed by atoms with Gasteiger partial charge in [-0.15, -0.1) is 11.6 Å². The summed E-state index contributed by atoms with van der Waals surface area (Å²) in [7, 11) is 0.450. The van der Waals surface area contributed by atoms with Crippen LogP contribution in [0, 0.1) is 5.41 Å². The first-order chi connectivity index (χ1) is 4.04. The van der Waals surface area contributed by atoms with Gasteiger partial charge in [-0.3, -0.25) is 4.79 Å². The van der Waals surface area contributed by atoms with Gasteiger partial charge in [0.2, 0.25) is 10.5 Å². The van der Waals surface area contributed by atoms with Crippen molar-refractivity contribution < 1.29 is 9.22 Å². The van der Waals surface area contributed by atoms with Gasteiger partial charge < -0.3 is 4.43 Å². The van der Waals surface area contributed by atoms with Crippen LogP contribution >= 0.6 is 11.6 Å². The van der Waals surface area contributed by atoms with Gasteiger partial charge >= 0.3 is 0 Å². The first-order valence-corrected chi connectivity index (χ1v) is 4.04. The highest BCUT2D eigenvalue weighted by atomic mass is 35.5. The Balaban J connectivity index is 3.97. The molecule has 0 radical (unpaired) electrons. The Morgan fingerprint density at radius 3 is 2.33 bits per heavy atom. The number of alkyl halides is 1. The number of carbonyl (C=O) groups is 1. The second kappa shape index (κ2) is 3.22. The van der Waals surface area contributed by atoms with E-state index in [-0.39, 0.29) is 5.97 Å². The topological polar surface area (TPSA) is 26.3 Å². The third kappa shape index (κ3) is 2.36. The molecule has 2 nitrogen and oxygen atoms in total. The van der Waals surface area contributed by atoms with E-state index in [0.29, 0.717) is 16.4 Å². The van der Waals surface area contributed by atoms with Crippen molar-refractivity contribution in [1.29, 1.82) is 0 Å². The summed E-state index contributed by atoms with van der Waals surface area (Å²) in [5, 5.41) is 0. The smallest absolute Gasteiger partial charge is 0.298 e. The average Bonchev–Trinajstić information content (AvgIpc) is 1.86. The zero-order valence-electron chi connectivity index (χ0n) is 5.90. The van der Waals surface area contributed by atoms with Gasteiger partial charge in [-0.1, -0.05) is 0 Å². The Bertz CT molecular complexity index is 114. The second-order valence-electron chi connectivity index (χ2n) is 2.51. The molecule has 0 rings (SSSR count). The Morgan fingerprint density at radius 2 is 2.22 bits per heavy atom. The Kier molecular flexibility index (Phi) is 3.21. The van der Waals surface area contributed by atoms with Crippen LogP contribution in [0.3, 0.4) is 0 Å². The fourth-order valence-corrected chi connectivity index (χ4v) is 0.993. The van der Waals surface area contributed by atoms with Crippen LogP contribution in [-0.2, 0) is 9.22 Å². The number of hydrogen-bond donors (Lipinski definition) is 0. The van der Waals surface area contributed by atoms with Gasteiger partial charge in [-0.25, -0.2) is 0 Å². The molecule has 0 aromatic heterocycles. The van der Waals surface area contributed by atoms with Crippen molar-refractivity contribution >= 4 is 28.1 Å². The van der Waals surface area contributed by atoms with E-state index in [1.54, 1.807) is 13.8 Å². The van der Waals surface area contributed by atoms with Crippen molar-refractivity contribution in [3.63, 3.8) is 0 Å². The number of halogens is 1. The lowest BCUT2D eigenvalue weighted by molar-refractivity contribution is -0.142. The number of carbonyl (C=O) groups excluding carboxylic acids is 1. The molecular formula is C5H11ClO2Si. The predicted molar refractivity (Wildman–Crippen MR) is 40.5 cm³/mol. The average molecular weight is 167 g/mol. The molecule has 54 valence electrons. The molecule has 0 fully saturated rings. The standard InChI is InChI=1S/C5H11ClO2Si/c1-5(2,3-6)4(7)8-9/h3H2,1-2,9H3. The minimum Gasteiger partial charge on any atom is -0.528 e. The highest BCUT2D eigenvalue weighted by Gasteiger charge is 2.26. The van der Waals surface area contributed by atoms with Crippen molar-refractivity contribution in [3.8, 4) is 0 Å². The molecular weight excluding hydrogens is 156 g/mol. The van der Waals surface area contributed by atoms with Crippen LogP contribution < -0.4 is 0 Å². The molecule has 9 heavy (non-hydrogen) atoms. The van der Waals surface area contributed by atoms with Crippen molar-refractivity contribution in [3.05, 3.63) is 0 Å². The molecule has 0 aliphatic rings. The van der Waals surface area contributed by atoms with E-state index in [4.69, 9.17) is 11.6 Å². The molecule has 0 spiro atoms. The fourth-order valence-electron chi connectivity index (χ4n) is 0.331. The molecule has 0 bridgehead atoms. The summed E-state index contributed by atoms with van der Waals surface area (Å²) in [5.41, 5.74) is -0.511. The third-order valence-corrected chi connectivity index (χ3v) is 2.11. The molecule has 0 unspecified atom stereocenters. The lowest BCUT2D eigenvalue weighted by Gasteiger charge is -2.17. The molecule has 0 aromatic rings. The van der Waals surface area contributed by atoms with Gasteiger partial charge in [-0.05, 0) is 13.8 Å². The largest absolute Gasteiger partial charge is 0.528 e. The monoisotopic (exact) mass is 166 g/mol. The predicted octanol–water partition coefficient (Wildman–Crippen LogP) is 0.0750. The van der Waals surface area contributed by atoms with Crippen molar-refractivity contribution in [2.24, 2.45) is 5.41 Å². The summed E-state index contributed by atoms with van der Waals surface area (Å²) in [6.45, 7) is 3.53. The quantitative estimate of drug-likeness (QED) is 0.429. The Hall–Kier alpha value is -0.0231. The molecule has 0 amide bonds. The van der Waals surface area contributed by atoms with Gasteiger partial charge in [0.15, 0.2) is 0 Å². The lowest BCUT2D eigenvalue weighted by atomic mass is 9.97. The molecule has 0 N–H and O–H groups in total. The van der Waals surface area contributed by atoms with Crippen LogP contribution in [0.5, 0.6) is 0 Å². The van der Waals surface area contributed by atoms with Gasteiger partial charge in [0.25, 0.3) is 5.97 Å². The molecule has 0 aromatic carbocycles. The first kappa shape index (κ1) is 8.98. The summed E-state index contributed by atoms with van der Waals surface area (Å²) in [6.07, 6.45) is 0. The molecule has 0 aliphatic heterocycles. The van der Waals surface area contributed by atoms with E-state index >= 15 is 0 Å².